The molecule has 2 atom stereocenters. The van der Waals surface area contributed by atoms with Gasteiger partial charge in [-0.2, -0.15) is 0 Å². The highest BCUT2D eigenvalue weighted by Gasteiger charge is 2.39. The van der Waals surface area contributed by atoms with Gasteiger partial charge in [-0.1, -0.05) is 0 Å². The summed E-state index contributed by atoms with van der Waals surface area (Å²) < 4.78 is 0. The summed E-state index contributed by atoms with van der Waals surface area (Å²) >= 11 is 0. The lowest BCUT2D eigenvalue weighted by atomic mass is 10.3. The van der Waals surface area contributed by atoms with Crippen LogP contribution in [0.1, 0.15) is 20.8 Å². The van der Waals surface area contributed by atoms with Gasteiger partial charge in [-0.25, -0.2) is 0 Å². The Kier molecular flexibility index (Phi) is 1.58. The predicted octanol–water partition coefficient (Wildman–Crippen LogP) is 0.668. The molecule has 0 saturated carbocycles. The Labute approximate surface area is 55.8 Å². The van der Waals surface area contributed by atoms with Crippen LogP contribution in [0.4, 0.5) is 0 Å². The second-order valence-corrected chi connectivity index (χ2v) is 2.92. The van der Waals surface area contributed by atoms with Crippen molar-refractivity contribution in [2.24, 2.45) is 0 Å². The van der Waals surface area contributed by atoms with Crippen molar-refractivity contribution in [3.05, 3.63) is 0 Å². The first-order valence-corrected chi connectivity index (χ1v) is 3.39. The van der Waals surface area contributed by atoms with E-state index in [0.717, 1.165) is 6.54 Å². The van der Waals surface area contributed by atoms with E-state index < -0.39 is 0 Å². The Morgan fingerprint density at radius 3 is 2.33 bits per heavy atom. The average molecular weight is 127 g/mol. The topological polar surface area (TPSA) is 20.1 Å². The minimum atomic E-state index is 0.255. The summed E-state index contributed by atoms with van der Waals surface area (Å²) in [4.78, 5) is 12.9. The SMILES string of the molecule is CC(=O)[C@@H]1CN1C(C)C. The van der Waals surface area contributed by atoms with Crippen LogP contribution in [0.15, 0.2) is 0 Å². The Bertz CT molecular complexity index is 131. The Morgan fingerprint density at radius 2 is 2.22 bits per heavy atom. The van der Waals surface area contributed by atoms with Crippen molar-refractivity contribution in [3.63, 3.8) is 0 Å². The minimum Gasteiger partial charge on any atom is -0.298 e. The molecule has 52 valence electrons. The molecule has 1 aliphatic heterocycles. The van der Waals surface area contributed by atoms with Crippen LogP contribution in [0.5, 0.6) is 0 Å². The number of Topliss-reactive ketones (excluding diaryl/α,β-unsaturated/α-hetero) is 1. The quantitative estimate of drug-likeness (QED) is 0.508. The maximum absolute atomic E-state index is 10.7. The van der Waals surface area contributed by atoms with Gasteiger partial charge in [0, 0.05) is 12.6 Å². The number of nitrogens with zero attached hydrogens (tertiary/aromatic N) is 1. The van der Waals surface area contributed by atoms with Crippen LogP contribution in [0, 0.1) is 0 Å². The fraction of sp³-hybridized carbons (Fsp3) is 0.857. The molecule has 1 unspecified atom stereocenters. The highest BCUT2D eigenvalue weighted by atomic mass is 16.1. The fourth-order valence-electron chi connectivity index (χ4n) is 1.09. The number of carbonyl (C=O) groups excluding carboxylic acids is 1. The normalized spacial score (nSPS) is 32.9. The van der Waals surface area contributed by atoms with Crippen molar-refractivity contribution in [1.29, 1.82) is 0 Å². The third-order valence-corrected chi connectivity index (χ3v) is 1.78. The molecule has 0 N–H and O–H groups in total. The first-order chi connectivity index (χ1) is 4.13. The standard InChI is InChI=1S/C7H13NO/c1-5(2)8-4-7(8)6(3)9/h5,7H,4H2,1-3H3/t7-,8?/m0/s1. The monoisotopic (exact) mass is 127 g/mol. The molecule has 0 aromatic heterocycles. The maximum Gasteiger partial charge on any atom is 0.148 e. The van der Waals surface area contributed by atoms with Gasteiger partial charge >= 0.3 is 0 Å². The first-order valence-electron chi connectivity index (χ1n) is 3.39. The lowest BCUT2D eigenvalue weighted by molar-refractivity contribution is -0.117. The van der Waals surface area contributed by atoms with E-state index >= 15 is 0 Å². The van der Waals surface area contributed by atoms with E-state index in [4.69, 9.17) is 0 Å². The highest BCUT2D eigenvalue weighted by Crippen LogP contribution is 2.20. The third kappa shape index (κ3) is 1.30. The molecule has 9 heavy (non-hydrogen) atoms. The Balaban J connectivity index is 2.33. The van der Waals surface area contributed by atoms with E-state index in [1.165, 1.54) is 0 Å². The van der Waals surface area contributed by atoms with Gasteiger partial charge in [0.05, 0.1) is 6.04 Å². The van der Waals surface area contributed by atoms with Crippen molar-refractivity contribution in [2.75, 3.05) is 6.54 Å². The fourth-order valence-corrected chi connectivity index (χ4v) is 1.09. The smallest absolute Gasteiger partial charge is 0.148 e. The number of carbonyl (C=O) groups is 1. The molecule has 0 radical (unpaired) electrons. The summed E-state index contributed by atoms with van der Waals surface area (Å²) in [6.07, 6.45) is 0. The lowest BCUT2D eigenvalue weighted by Gasteiger charge is -2.03. The van der Waals surface area contributed by atoms with Gasteiger partial charge in [0.15, 0.2) is 0 Å². The molecule has 0 spiro atoms. The number of hydrogen-bond donors (Lipinski definition) is 0. The van der Waals surface area contributed by atoms with Crippen molar-refractivity contribution in [1.82, 2.24) is 4.90 Å². The van der Waals surface area contributed by atoms with Crippen LogP contribution in [0.2, 0.25) is 0 Å². The molecule has 1 heterocycles. The van der Waals surface area contributed by atoms with E-state index in [0.29, 0.717) is 11.8 Å². The third-order valence-electron chi connectivity index (χ3n) is 1.78. The van der Waals surface area contributed by atoms with Gasteiger partial charge in [0.25, 0.3) is 0 Å². The molecule has 1 rings (SSSR count). The second kappa shape index (κ2) is 2.10. The second-order valence-electron chi connectivity index (χ2n) is 2.92. The largest absolute Gasteiger partial charge is 0.298 e. The van der Waals surface area contributed by atoms with Gasteiger partial charge in [0.1, 0.15) is 5.78 Å². The molecular weight excluding hydrogens is 114 g/mol. The molecule has 2 nitrogen and oxygen atoms in total. The van der Waals surface area contributed by atoms with E-state index in [2.05, 4.69) is 18.7 Å². The van der Waals surface area contributed by atoms with Crippen molar-refractivity contribution < 1.29 is 4.79 Å². The van der Waals surface area contributed by atoms with Gasteiger partial charge in [-0.3, -0.25) is 9.69 Å². The molecule has 0 aromatic rings. The van der Waals surface area contributed by atoms with Crippen LogP contribution in [-0.4, -0.2) is 29.3 Å². The molecule has 0 amide bonds. The Morgan fingerprint density at radius 1 is 1.67 bits per heavy atom. The zero-order valence-electron chi connectivity index (χ0n) is 6.22. The molecule has 2 heteroatoms. The zero-order chi connectivity index (χ0) is 7.02. The van der Waals surface area contributed by atoms with Crippen LogP contribution in [0.3, 0.4) is 0 Å². The molecule has 0 bridgehead atoms. The van der Waals surface area contributed by atoms with Crippen LogP contribution >= 0.6 is 0 Å². The van der Waals surface area contributed by atoms with Crippen LogP contribution in [-0.2, 0) is 4.79 Å². The van der Waals surface area contributed by atoms with E-state index in [1.54, 1.807) is 6.92 Å². The number of rotatable bonds is 2. The summed E-state index contributed by atoms with van der Waals surface area (Å²) in [5.41, 5.74) is 0. The van der Waals surface area contributed by atoms with Crippen LogP contribution < -0.4 is 0 Å². The van der Waals surface area contributed by atoms with E-state index in [9.17, 15) is 4.79 Å². The number of hydrogen-bond acceptors (Lipinski definition) is 2. The summed E-state index contributed by atoms with van der Waals surface area (Å²) in [5.74, 6) is 0.309. The zero-order valence-corrected chi connectivity index (χ0v) is 6.22. The highest BCUT2D eigenvalue weighted by molar-refractivity contribution is 5.84. The summed E-state index contributed by atoms with van der Waals surface area (Å²) in [6.45, 7) is 6.87. The first kappa shape index (κ1) is 6.75. The molecular formula is C7H13NO. The molecule has 1 saturated heterocycles. The van der Waals surface area contributed by atoms with E-state index in [1.807, 2.05) is 0 Å². The van der Waals surface area contributed by atoms with Crippen molar-refractivity contribution in [3.8, 4) is 0 Å². The van der Waals surface area contributed by atoms with Gasteiger partial charge in [-0.15, -0.1) is 0 Å². The lowest BCUT2D eigenvalue weighted by Crippen LogP contribution is -2.15. The predicted molar refractivity (Wildman–Crippen MR) is 36.3 cm³/mol. The van der Waals surface area contributed by atoms with Crippen molar-refractivity contribution in [2.45, 2.75) is 32.9 Å². The summed E-state index contributed by atoms with van der Waals surface area (Å²) in [5, 5.41) is 0. The van der Waals surface area contributed by atoms with Crippen molar-refractivity contribution >= 4 is 5.78 Å². The van der Waals surface area contributed by atoms with Gasteiger partial charge in [0.2, 0.25) is 0 Å². The Hall–Kier alpha value is -0.370. The molecule has 0 aromatic carbocycles. The molecule has 1 fully saturated rings. The average Bonchev–Trinajstić information content (AvgIpc) is 2.39. The molecule has 1 aliphatic rings. The minimum absolute atomic E-state index is 0.255. The van der Waals surface area contributed by atoms with Gasteiger partial charge < -0.3 is 0 Å². The summed E-state index contributed by atoms with van der Waals surface area (Å²) in [6, 6.07) is 0.795. The summed E-state index contributed by atoms with van der Waals surface area (Å²) in [7, 11) is 0. The maximum atomic E-state index is 10.7. The van der Waals surface area contributed by atoms with Gasteiger partial charge in [-0.05, 0) is 20.8 Å². The van der Waals surface area contributed by atoms with Crippen LogP contribution in [0.25, 0.3) is 0 Å². The number of ketones is 1. The molecule has 0 aliphatic carbocycles. The van der Waals surface area contributed by atoms with E-state index in [-0.39, 0.29) is 6.04 Å².